The summed E-state index contributed by atoms with van der Waals surface area (Å²) in [6.07, 6.45) is 1.57. The average molecular weight is 321 g/mol. The number of sulfonamides is 1. The van der Waals surface area contributed by atoms with Crippen molar-refractivity contribution in [3.8, 4) is 0 Å². The van der Waals surface area contributed by atoms with Crippen LogP contribution < -0.4 is 10.5 Å². The Hall–Kier alpha value is -0.430. The van der Waals surface area contributed by atoms with E-state index in [1.54, 1.807) is 18.2 Å². The SMILES string of the molecule is Cc1ccc(S(=O)(=O)NCCCCN)c(Br)c1. The molecule has 0 aliphatic carbocycles. The van der Waals surface area contributed by atoms with E-state index in [0.717, 1.165) is 18.4 Å². The summed E-state index contributed by atoms with van der Waals surface area (Å²) >= 11 is 3.27. The minimum Gasteiger partial charge on any atom is -0.330 e. The van der Waals surface area contributed by atoms with Crippen LogP contribution in [0.5, 0.6) is 0 Å². The van der Waals surface area contributed by atoms with Gasteiger partial charge in [-0.2, -0.15) is 0 Å². The molecule has 1 aromatic rings. The van der Waals surface area contributed by atoms with Crippen molar-refractivity contribution in [3.05, 3.63) is 28.2 Å². The molecule has 0 radical (unpaired) electrons. The molecular formula is C11H17BrN2O2S. The second-order valence-corrected chi connectivity index (χ2v) is 6.42. The minimum atomic E-state index is -3.43. The lowest BCUT2D eigenvalue weighted by molar-refractivity contribution is 0.576. The van der Waals surface area contributed by atoms with E-state index in [9.17, 15) is 8.42 Å². The molecule has 0 heterocycles. The van der Waals surface area contributed by atoms with E-state index < -0.39 is 10.0 Å². The first-order chi connectivity index (χ1) is 7.97. The van der Waals surface area contributed by atoms with Crippen molar-refractivity contribution in [2.45, 2.75) is 24.7 Å². The highest BCUT2D eigenvalue weighted by Crippen LogP contribution is 2.22. The molecule has 4 nitrogen and oxygen atoms in total. The molecule has 0 unspecified atom stereocenters. The standard InChI is InChI=1S/C11H17BrN2O2S/c1-9-4-5-11(10(12)8-9)17(15,16)14-7-3-2-6-13/h4-5,8,14H,2-3,6-7,13H2,1H3. The predicted octanol–water partition coefficient (Wildman–Crippen LogP) is 1.77. The molecule has 0 aromatic heterocycles. The smallest absolute Gasteiger partial charge is 0.241 e. The Morgan fingerprint density at radius 3 is 2.65 bits per heavy atom. The van der Waals surface area contributed by atoms with Gasteiger partial charge in [-0.1, -0.05) is 6.07 Å². The summed E-state index contributed by atoms with van der Waals surface area (Å²) < 4.78 is 27.1. The van der Waals surface area contributed by atoms with Crippen LogP contribution >= 0.6 is 15.9 Å². The van der Waals surface area contributed by atoms with Gasteiger partial charge in [0.25, 0.3) is 0 Å². The minimum absolute atomic E-state index is 0.274. The molecule has 0 amide bonds. The number of nitrogens with two attached hydrogens (primary N) is 1. The molecular weight excluding hydrogens is 304 g/mol. The Bertz CT molecular complexity index is 474. The maximum absolute atomic E-state index is 12.0. The highest BCUT2D eigenvalue weighted by Gasteiger charge is 2.16. The maximum Gasteiger partial charge on any atom is 0.241 e. The topological polar surface area (TPSA) is 72.2 Å². The molecule has 1 rings (SSSR count). The maximum atomic E-state index is 12.0. The first kappa shape index (κ1) is 14.6. The third-order valence-electron chi connectivity index (χ3n) is 2.30. The van der Waals surface area contributed by atoms with Gasteiger partial charge in [-0.05, 0) is 59.9 Å². The Morgan fingerprint density at radius 1 is 1.35 bits per heavy atom. The molecule has 6 heteroatoms. The molecule has 0 aliphatic rings. The van der Waals surface area contributed by atoms with Crippen LogP contribution in [0.25, 0.3) is 0 Å². The van der Waals surface area contributed by atoms with Crippen LogP contribution in [-0.4, -0.2) is 21.5 Å². The highest BCUT2D eigenvalue weighted by atomic mass is 79.9. The first-order valence-electron chi connectivity index (χ1n) is 5.43. The van der Waals surface area contributed by atoms with Gasteiger partial charge in [0.05, 0.1) is 4.90 Å². The fourth-order valence-corrected chi connectivity index (χ4v) is 3.64. The van der Waals surface area contributed by atoms with Gasteiger partial charge in [-0.15, -0.1) is 0 Å². The third kappa shape index (κ3) is 4.39. The van der Waals surface area contributed by atoms with E-state index in [1.165, 1.54) is 0 Å². The summed E-state index contributed by atoms with van der Waals surface area (Å²) in [6.45, 7) is 2.91. The van der Waals surface area contributed by atoms with Crippen molar-refractivity contribution in [1.82, 2.24) is 4.72 Å². The van der Waals surface area contributed by atoms with Gasteiger partial charge in [-0.3, -0.25) is 0 Å². The number of aryl methyl sites for hydroxylation is 1. The lowest BCUT2D eigenvalue weighted by atomic mass is 10.2. The molecule has 1 aromatic carbocycles. The van der Waals surface area contributed by atoms with E-state index in [2.05, 4.69) is 20.7 Å². The van der Waals surface area contributed by atoms with Crippen LogP contribution in [-0.2, 0) is 10.0 Å². The largest absolute Gasteiger partial charge is 0.330 e. The summed E-state index contributed by atoms with van der Waals surface area (Å²) in [5, 5.41) is 0. The Kier molecular flexibility index (Phi) is 5.58. The van der Waals surface area contributed by atoms with E-state index in [-0.39, 0.29) is 4.90 Å². The predicted molar refractivity (Wildman–Crippen MR) is 72.4 cm³/mol. The van der Waals surface area contributed by atoms with Crippen LogP contribution in [0.2, 0.25) is 0 Å². The van der Waals surface area contributed by atoms with Gasteiger partial charge >= 0.3 is 0 Å². The van der Waals surface area contributed by atoms with E-state index >= 15 is 0 Å². The number of halogens is 1. The number of hydrogen-bond acceptors (Lipinski definition) is 3. The fourth-order valence-electron chi connectivity index (χ4n) is 1.38. The van der Waals surface area contributed by atoms with Crippen LogP contribution in [0.3, 0.4) is 0 Å². The number of unbranched alkanes of at least 4 members (excludes halogenated alkanes) is 1. The van der Waals surface area contributed by atoms with Gasteiger partial charge in [-0.25, -0.2) is 13.1 Å². The van der Waals surface area contributed by atoms with Crippen LogP contribution in [0, 0.1) is 6.92 Å². The van der Waals surface area contributed by atoms with Gasteiger partial charge in [0.2, 0.25) is 10.0 Å². The van der Waals surface area contributed by atoms with Crippen molar-refractivity contribution < 1.29 is 8.42 Å². The van der Waals surface area contributed by atoms with E-state index in [4.69, 9.17) is 5.73 Å². The zero-order chi connectivity index (χ0) is 12.9. The molecule has 0 bridgehead atoms. The second kappa shape index (κ2) is 6.49. The van der Waals surface area contributed by atoms with Crippen LogP contribution in [0.4, 0.5) is 0 Å². The number of hydrogen-bond donors (Lipinski definition) is 2. The van der Waals surface area contributed by atoms with Crippen molar-refractivity contribution in [2.75, 3.05) is 13.1 Å². The average Bonchev–Trinajstić information content (AvgIpc) is 2.24. The number of rotatable bonds is 6. The molecule has 17 heavy (non-hydrogen) atoms. The zero-order valence-corrected chi connectivity index (χ0v) is 12.1. The molecule has 3 N–H and O–H groups in total. The van der Waals surface area contributed by atoms with Gasteiger partial charge in [0.1, 0.15) is 0 Å². The Balaban J connectivity index is 2.76. The summed E-state index contributed by atoms with van der Waals surface area (Å²) in [6, 6.07) is 5.17. The zero-order valence-electron chi connectivity index (χ0n) is 9.74. The fraction of sp³-hybridized carbons (Fsp3) is 0.455. The molecule has 0 spiro atoms. The lowest BCUT2D eigenvalue weighted by Gasteiger charge is -2.08. The second-order valence-electron chi connectivity index (χ2n) is 3.83. The summed E-state index contributed by atoms with van der Waals surface area (Å²) in [5.41, 5.74) is 6.36. The molecule has 0 atom stereocenters. The normalized spacial score (nSPS) is 11.7. The van der Waals surface area contributed by atoms with Crippen molar-refractivity contribution in [3.63, 3.8) is 0 Å². The third-order valence-corrected chi connectivity index (χ3v) is 4.74. The Labute approximate surface area is 111 Å². The molecule has 0 aliphatic heterocycles. The summed E-state index contributed by atoms with van der Waals surface area (Å²) in [7, 11) is -3.43. The molecule has 0 saturated heterocycles. The van der Waals surface area contributed by atoms with E-state index in [0.29, 0.717) is 17.6 Å². The van der Waals surface area contributed by atoms with Crippen LogP contribution in [0.15, 0.2) is 27.6 Å². The Morgan fingerprint density at radius 2 is 2.06 bits per heavy atom. The summed E-state index contributed by atoms with van der Waals surface area (Å²) in [5.74, 6) is 0. The van der Waals surface area contributed by atoms with Gasteiger partial charge < -0.3 is 5.73 Å². The molecule has 0 saturated carbocycles. The number of nitrogens with one attached hydrogen (secondary N) is 1. The van der Waals surface area contributed by atoms with Crippen molar-refractivity contribution in [1.29, 1.82) is 0 Å². The monoisotopic (exact) mass is 320 g/mol. The van der Waals surface area contributed by atoms with Gasteiger partial charge in [0.15, 0.2) is 0 Å². The van der Waals surface area contributed by atoms with Crippen LogP contribution in [0.1, 0.15) is 18.4 Å². The van der Waals surface area contributed by atoms with E-state index in [1.807, 2.05) is 6.92 Å². The first-order valence-corrected chi connectivity index (χ1v) is 7.71. The van der Waals surface area contributed by atoms with Crippen molar-refractivity contribution in [2.24, 2.45) is 5.73 Å². The molecule has 0 fully saturated rings. The summed E-state index contributed by atoms with van der Waals surface area (Å²) in [4.78, 5) is 0.274. The van der Waals surface area contributed by atoms with Crippen molar-refractivity contribution >= 4 is 26.0 Å². The highest BCUT2D eigenvalue weighted by molar-refractivity contribution is 9.10. The molecule has 96 valence electrons. The quantitative estimate of drug-likeness (QED) is 0.785. The van der Waals surface area contributed by atoms with Gasteiger partial charge in [0, 0.05) is 11.0 Å². The number of benzene rings is 1. The lowest BCUT2D eigenvalue weighted by Crippen LogP contribution is -2.25.